The molecule has 0 N–H and O–H groups in total. The summed E-state index contributed by atoms with van der Waals surface area (Å²) in [6.07, 6.45) is 3.36. The van der Waals surface area contributed by atoms with Crippen LogP contribution in [-0.2, 0) is 25.8 Å². The third-order valence-corrected chi connectivity index (χ3v) is 2.05. The third-order valence-electron chi connectivity index (χ3n) is 2.05. The molecule has 0 aromatic rings. The standard InChI is InChI=1S/C11H23N2.Sc/c1-5-8-12-11(10(4)7-3)13-9-6-2;/h10H,5-9H2,1-4H3;/q-1;. The molecule has 0 saturated heterocycles. The predicted octanol–water partition coefficient (Wildman–Crippen LogP) is 3.62. The zero-order valence-corrected chi connectivity index (χ0v) is 11.9. The maximum atomic E-state index is 4.50. The van der Waals surface area contributed by atoms with E-state index in [2.05, 4.69) is 38.0 Å². The van der Waals surface area contributed by atoms with Crippen LogP contribution in [0.4, 0.5) is 0 Å². The van der Waals surface area contributed by atoms with Crippen molar-refractivity contribution in [2.24, 2.45) is 10.9 Å². The van der Waals surface area contributed by atoms with E-state index in [0.29, 0.717) is 5.92 Å². The monoisotopic (exact) mass is 228 g/mol. The summed E-state index contributed by atoms with van der Waals surface area (Å²) in [7, 11) is 0. The van der Waals surface area contributed by atoms with Crippen LogP contribution in [0.1, 0.15) is 47.0 Å². The molecule has 0 aromatic carbocycles. The van der Waals surface area contributed by atoms with Crippen LogP contribution < -0.4 is 0 Å². The summed E-state index contributed by atoms with van der Waals surface area (Å²) in [5.74, 6) is 1.60. The van der Waals surface area contributed by atoms with Crippen LogP contribution in [0.3, 0.4) is 0 Å². The first-order valence-electron chi connectivity index (χ1n) is 5.48. The van der Waals surface area contributed by atoms with Gasteiger partial charge in [-0.3, -0.25) is 0 Å². The maximum Gasteiger partial charge on any atom is 0 e. The zero-order valence-electron chi connectivity index (χ0n) is 10.1. The van der Waals surface area contributed by atoms with E-state index in [1.807, 2.05) is 0 Å². The second-order valence-corrected chi connectivity index (χ2v) is 3.43. The number of hydrogen-bond acceptors (Lipinski definition) is 1. The van der Waals surface area contributed by atoms with Crippen molar-refractivity contribution >= 4 is 5.84 Å². The zero-order chi connectivity index (χ0) is 10.1. The number of rotatable bonds is 6. The largest absolute Gasteiger partial charge is 0.469 e. The molecule has 0 spiro atoms. The van der Waals surface area contributed by atoms with Gasteiger partial charge in [0.05, 0.1) is 0 Å². The molecule has 0 bridgehead atoms. The number of aliphatic imine (C=N–C) groups is 1. The first-order chi connectivity index (χ1) is 6.26. The van der Waals surface area contributed by atoms with Crippen LogP contribution >= 0.6 is 0 Å². The topological polar surface area (TPSA) is 26.5 Å². The Hall–Kier alpha value is 0.340. The van der Waals surface area contributed by atoms with E-state index in [-0.39, 0.29) is 25.8 Å². The molecule has 0 fully saturated rings. The van der Waals surface area contributed by atoms with Gasteiger partial charge in [-0.05, 0) is 5.92 Å². The van der Waals surface area contributed by atoms with Gasteiger partial charge in [0.2, 0.25) is 0 Å². The summed E-state index contributed by atoms with van der Waals surface area (Å²) in [4.78, 5) is 4.50. The van der Waals surface area contributed by atoms with Gasteiger partial charge in [-0.1, -0.05) is 65.9 Å². The molecule has 0 saturated carbocycles. The van der Waals surface area contributed by atoms with Crippen LogP contribution in [0.2, 0.25) is 0 Å². The molecular weight excluding hydrogens is 205 g/mol. The van der Waals surface area contributed by atoms with Gasteiger partial charge < -0.3 is 10.3 Å². The quantitative estimate of drug-likeness (QED) is 0.490. The summed E-state index contributed by atoms with van der Waals surface area (Å²) in [6, 6.07) is 0. The van der Waals surface area contributed by atoms with E-state index in [4.69, 9.17) is 0 Å². The van der Waals surface area contributed by atoms with Crippen LogP contribution in [0, 0.1) is 5.92 Å². The second kappa shape index (κ2) is 11.4. The predicted molar refractivity (Wildman–Crippen MR) is 60.6 cm³/mol. The molecule has 1 atom stereocenters. The first kappa shape index (κ1) is 16.8. The van der Waals surface area contributed by atoms with Crippen LogP contribution in [0.5, 0.6) is 0 Å². The van der Waals surface area contributed by atoms with Crippen molar-refractivity contribution in [3.8, 4) is 0 Å². The van der Waals surface area contributed by atoms with Gasteiger partial charge in [-0.25, -0.2) is 0 Å². The SMILES string of the molecule is CCCN=C([N-]CCC)C(C)CC.[Sc]. The minimum absolute atomic E-state index is 0. The molecule has 0 aliphatic heterocycles. The third kappa shape index (κ3) is 7.72. The molecule has 1 unspecified atom stereocenters. The average Bonchev–Trinajstić information content (AvgIpc) is 2.17. The molecule has 0 amide bonds. The number of amidine groups is 1. The molecule has 0 aliphatic carbocycles. The van der Waals surface area contributed by atoms with Gasteiger partial charge in [-0.15, -0.1) is 0 Å². The van der Waals surface area contributed by atoms with Gasteiger partial charge in [0.1, 0.15) is 0 Å². The summed E-state index contributed by atoms with van der Waals surface area (Å²) in [5.41, 5.74) is 0. The fraction of sp³-hybridized carbons (Fsp3) is 0.909. The van der Waals surface area contributed by atoms with Gasteiger partial charge in [0, 0.05) is 25.8 Å². The minimum atomic E-state index is 0. The smallest absolute Gasteiger partial charge is 0 e. The Morgan fingerprint density at radius 3 is 2.29 bits per heavy atom. The van der Waals surface area contributed by atoms with Crippen molar-refractivity contribution in [3.05, 3.63) is 5.32 Å². The maximum absolute atomic E-state index is 4.50. The summed E-state index contributed by atoms with van der Waals surface area (Å²) >= 11 is 0. The van der Waals surface area contributed by atoms with Crippen molar-refractivity contribution in [2.45, 2.75) is 47.0 Å². The Bertz CT molecular complexity index is 146. The van der Waals surface area contributed by atoms with E-state index >= 15 is 0 Å². The molecule has 0 aromatic heterocycles. The van der Waals surface area contributed by atoms with Crippen molar-refractivity contribution in [3.63, 3.8) is 0 Å². The van der Waals surface area contributed by atoms with Crippen LogP contribution in [0.25, 0.3) is 5.32 Å². The van der Waals surface area contributed by atoms with Gasteiger partial charge in [0.15, 0.2) is 0 Å². The van der Waals surface area contributed by atoms with E-state index in [9.17, 15) is 0 Å². The molecule has 81 valence electrons. The summed E-state index contributed by atoms with van der Waals surface area (Å²) in [5, 5.41) is 4.50. The molecule has 1 radical (unpaired) electrons. The molecule has 0 rings (SSSR count). The number of hydrogen-bond donors (Lipinski definition) is 0. The Morgan fingerprint density at radius 1 is 1.21 bits per heavy atom. The molecule has 0 aliphatic rings. The van der Waals surface area contributed by atoms with E-state index in [0.717, 1.165) is 38.2 Å². The summed E-state index contributed by atoms with van der Waals surface area (Å²) < 4.78 is 0. The van der Waals surface area contributed by atoms with Gasteiger partial charge in [0.25, 0.3) is 0 Å². The van der Waals surface area contributed by atoms with Crippen LogP contribution in [-0.4, -0.2) is 18.9 Å². The fourth-order valence-electron chi connectivity index (χ4n) is 0.997. The Balaban J connectivity index is 0. The van der Waals surface area contributed by atoms with Crippen molar-refractivity contribution < 1.29 is 25.8 Å². The van der Waals surface area contributed by atoms with Crippen molar-refractivity contribution in [1.29, 1.82) is 0 Å². The van der Waals surface area contributed by atoms with Crippen molar-refractivity contribution in [1.82, 2.24) is 0 Å². The Labute approximate surface area is 108 Å². The average molecular weight is 228 g/mol. The molecule has 3 heteroatoms. The van der Waals surface area contributed by atoms with Crippen molar-refractivity contribution in [2.75, 3.05) is 13.1 Å². The van der Waals surface area contributed by atoms with E-state index in [1.165, 1.54) is 0 Å². The van der Waals surface area contributed by atoms with E-state index < -0.39 is 0 Å². The van der Waals surface area contributed by atoms with Gasteiger partial charge >= 0.3 is 0 Å². The second-order valence-electron chi connectivity index (χ2n) is 3.43. The molecule has 14 heavy (non-hydrogen) atoms. The number of nitrogens with zero attached hydrogens (tertiary/aromatic N) is 2. The molecule has 2 nitrogen and oxygen atoms in total. The summed E-state index contributed by atoms with van der Waals surface area (Å²) in [6.45, 7) is 10.5. The molecule has 0 heterocycles. The van der Waals surface area contributed by atoms with Gasteiger partial charge in [-0.2, -0.15) is 0 Å². The minimum Gasteiger partial charge on any atom is -0.469 e. The Morgan fingerprint density at radius 2 is 1.86 bits per heavy atom. The van der Waals surface area contributed by atoms with E-state index in [1.54, 1.807) is 0 Å². The van der Waals surface area contributed by atoms with Crippen LogP contribution in [0.15, 0.2) is 4.99 Å². The first-order valence-corrected chi connectivity index (χ1v) is 5.48. The Kier molecular flexibility index (Phi) is 13.7. The normalized spacial score (nSPS) is 13.3. The fourth-order valence-corrected chi connectivity index (χ4v) is 0.997. The molecular formula is C11H23N2Sc-.